The van der Waals surface area contributed by atoms with Crippen LogP contribution in [-0.4, -0.2) is 0 Å². The molecule has 0 fully saturated rings. The third kappa shape index (κ3) is 5.02. The number of rotatable bonds is 6. The summed E-state index contributed by atoms with van der Waals surface area (Å²) in [6, 6.07) is 6.27. The van der Waals surface area contributed by atoms with Crippen LogP contribution in [0.3, 0.4) is 0 Å². The molecule has 1 aromatic rings. The van der Waals surface area contributed by atoms with Gasteiger partial charge >= 0.3 is 0 Å². The summed E-state index contributed by atoms with van der Waals surface area (Å²) < 4.78 is 28.8. The topological polar surface area (TPSA) is 0 Å². The normalized spacial score (nSPS) is 14.8. The van der Waals surface area contributed by atoms with Crippen molar-refractivity contribution in [1.29, 1.82) is 0 Å². The first-order chi connectivity index (χ1) is 11.0. The highest BCUT2D eigenvalue weighted by molar-refractivity contribution is 5.78. The van der Waals surface area contributed by atoms with E-state index >= 15 is 0 Å². The summed E-state index contributed by atoms with van der Waals surface area (Å²) in [7, 11) is 0. The van der Waals surface area contributed by atoms with Gasteiger partial charge in [-0.1, -0.05) is 49.8 Å². The molecule has 124 valence electrons. The van der Waals surface area contributed by atoms with E-state index in [0.717, 1.165) is 29.6 Å². The van der Waals surface area contributed by atoms with E-state index in [1.807, 2.05) is 20.8 Å². The molecule has 0 atom stereocenters. The minimum absolute atomic E-state index is 0.286. The van der Waals surface area contributed by atoms with Gasteiger partial charge in [0.15, 0.2) is 0 Å². The lowest BCUT2D eigenvalue weighted by Gasteiger charge is -2.11. The third-order valence-corrected chi connectivity index (χ3v) is 3.91. The first-order valence-corrected chi connectivity index (χ1v) is 8.11. The zero-order valence-electron chi connectivity index (χ0n) is 14.7. The zero-order valence-corrected chi connectivity index (χ0v) is 14.7. The summed E-state index contributed by atoms with van der Waals surface area (Å²) >= 11 is 0. The van der Waals surface area contributed by atoms with Crippen LogP contribution in [0, 0.1) is 5.82 Å². The number of benzene rings is 1. The van der Waals surface area contributed by atoms with Crippen molar-refractivity contribution >= 4 is 5.57 Å². The molecule has 0 aliphatic rings. The molecular formula is C21H26F2. The van der Waals surface area contributed by atoms with Gasteiger partial charge in [-0.2, -0.15) is 0 Å². The minimum atomic E-state index is -0.414. The highest BCUT2D eigenvalue weighted by Crippen LogP contribution is 2.30. The molecular weight excluding hydrogens is 290 g/mol. The third-order valence-electron chi connectivity index (χ3n) is 3.91. The summed E-state index contributed by atoms with van der Waals surface area (Å²) in [6.45, 7) is 9.82. The van der Waals surface area contributed by atoms with Crippen molar-refractivity contribution in [3.63, 3.8) is 0 Å². The molecule has 0 spiro atoms. The molecule has 0 unspecified atom stereocenters. The number of allylic oxidation sites excluding steroid dienone is 8. The lowest BCUT2D eigenvalue weighted by Crippen LogP contribution is -1.94. The van der Waals surface area contributed by atoms with Crippen LogP contribution in [0.2, 0.25) is 0 Å². The molecule has 23 heavy (non-hydrogen) atoms. The van der Waals surface area contributed by atoms with Crippen LogP contribution in [-0.2, 0) is 0 Å². The van der Waals surface area contributed by atoms with Crippen molar-refractivity contribution < 1.29 is 8.78 Å². The lowest BCUT2D eigenvalue weighted by molar-refractivity contribution is 0.619. The van der Waals surface area contributed by atoms with E-state index in [0.29, 0.717) is 0 Å². The quantitative estimate of drug-likeness (QED) is 0.488. The first-order valence-electron chi connectivity index (χ1n) is 8.11. The standard InChI is InChI=1S/C21H26F2/c1-6-11-16(5)19(15(4)7-2)14-21(23)17(8-3)18-12-9-10-13-20(18)22/h8-14H,6-7H2,1-5H3/b16-11+,17-8-,19-15-,21-14+. The van der Waals surface area contributed by atoms with Gasteiger partial charge in [0.05, 0.1) is 0 Å². The molecule has 0 nitrogen and oxygen atoms in total. The largest absolute Gasteiger partial charge is 0.206 e. The van der Waals surface area contributed by atoms with E-state index in [-0.39, 0.29) is 11.1 Å². The molecule has 0 bridgehead atoms. The lowest BCUT2D eigenvalue weighted by atomic mass is 9.96. The molecule has 0 aliphatic heterocycles. The molecule has 0 N–H and O–H groups in total. The van der Waals surface area contributed by atoms with Crippen molar-refractivity contribution in [1.82, 2.24) is 0 Å². The molecule has 0 radical (unpaired) electrons. The van der Waals surface area contributed by atoms with Crippen molar-refractivity contribution in [2.45, 2.75) is 47.5 Å². The van der Waals surface area contributed by atoms with E-state index in [9.17, 15) is 8.78 Å². The van der Waals surface area contributed by atoms with E-state index in [4.69, 9.17) is 0 Å². The zero-order chi connectivity index (χ0) is 17.4. The smallest absolute Gasteiger partial charge is 0.131 e. The molecule has 0 aromatic heterocycles. The van der Waals surface area contributed by atoms with Crippen LogP contribution >= 0.6 is 0 Å². The second-order valence-corrected chi connectivity index (χ2v) is 5.52. The maximum atomic E-state index is 14.8. The van der Waals surface area contributed by atoms with Gasteiger partial charge < -0.3 is 0 Å². The maximum Gasteiger partial charge on any atom is 0.131 e. The van der Waals surface area contributed by atoms with Gasteiger partial charge in [-0.15, -0.1) is 0 Å². The van der Waals surface area contributed by atoms with Crippen LogP contribution in [0.4, 0.5) is 8.78 Å². The Balaban J connectivity index is 3.38. The molecule has 0 heterocycles. The van der Waals surface area contributed by atoms with Crippen LogP contribution in [0.5, 0.6) is 0 Å². The van der Waals surface area contributed by atoms with Crippen LogP contribution < -0.4 is 0 Å². The monoisotopic (exact) mass is 316 g/mol. The van der Waals surface area contributed by atoms with Crippen molar-refractivity contribution in [3.05, 3.63) is 76.4 Å². The predicted molar refractivity (Wildman–Crippen MR) is 96.3 cm³/mol. The van der Waals surface area contributed by atoms with Crippen molar-refractivity contribution in [2.75, 3.05) is 0 Å². The van der Waals surface area contributed by atoms with Gasteiger partial charge in [-0.3, -0.25) is 0 Å². The molecule has 1 rings (SSSR count). The fourth-order valence-electron chi connectivity index (χ4n) is 2.49. The second-order valence-electron chi connectivity index (χ2n) is 5.52. The average Bonchev–Trinajstić information content (AvgIpc) is 2.54. The van der Waals surface area contributed by atoms with E-state index in [2.05, 4.69) is 13.0 Å². The van der Waals surface area contributed by atoms with Crippen LogP contribution in [0.25, 0.3) is 5.57 Å². The Morgan fingerprint density at radius 2 is 1.78 bits per heavy atom. The number of hydrogen-bond acceptors (Lipinski definition) is 0. The molecule has 0 aliphatic carbocycles. The Hall–Kier alpha value is -1.96. The average molecular weight is 316 g/mol. The SMILES string of the molecule is C\C=C(/C(F)=C\C(=C(/C)CC)C(\C)=C\CC)c1ccccc1F. The fraction of sp³-hybridized carbons (Fsp3) is 0.333. The van der Waals surface area contributed by atoms with Gasteiger partial charge in [-0.25, -0.2) is 8.78 Å². The Kier molecular flexibility index (Phi) is 7.67. The van der Waals surface area contributed by atoms with Crippen LogP contribution in [0.15, 0.2) is 65.0 Å². The van der Waals surface area contributed by atoms with Gasteiger partial charge in [0.25, 0.3) is 0 Å². The minimum Gasteiger partial charge on any atom is -0.206 e. The van der Waals surface area contributed by atoms with E-state index < -0.39 is 11.6 Å². The molecule has 1 aromatic carbocycles. The van der Waals surface area contributed by atoms with E-state index in [1.165, 1.54) is 12.1 Å². The second kappa shape index (κ2) is 9.24. The summed E-state index contributed by atoms with van der Waals surface area (Å²) in [4.78, 5) is 0. The van der Waals surface area contributed by atoms with Gasteiger partial charge in [0.2, 0.25) is 0 Å². The molecule has 0 saturated heterocycles. The Morgan fingerprint density at radius 3 is 2.30 bits per heavy atom. The Bertz CT molecular complexity index is 658. The molecule has 2 heteroatoms. The van der Waals surface area contributed by atoms with Gasteiger partial charge in [0, 0.05) is 11.1 Å². The van der Waals surface area contributed by atoms with Crippen LogP contribution in [0.1, 0.15) is 53.0 Å². The Morgan fingerprint density at radius 1 is 1.13 bits per heavy atom. The predicted octanol–water partition coefficient (Wildman–Crippen LogP) is 7.17. The first kappa shape index (κ1) is 19.1. The maximum absolute atomic E-state index is 14.8. The van der Waals surface area contributed by atoms with Gasteiger partial charge in [0.1, 0.15) is 11.6 Å². The summed E-state index contributed by atoms with van der Waals surface area (Å²) in [6.07, 6.45) is 6.96. The highest BCUT2D eigenvalue weighted by Gasteiger charge is 2.13. The Labute approximate surface area is 138 Å². The van der Waals surface area contributed by atoms with Crippen molar-refractivity contribution in [3.8, 4) is 0 Å². The fourth-order valence-corrected chi connectivity index (χ4v) is 2.49. The number of hydrogen-bond donors (Lipinski definition) is 0. The highest BCUT2D eigenvalue weighted by atomic mass is 19.1. The van der Waals surface area contributed by atoms with Gasteiger partial charge in [-0.05, 0) is 56.9 Å². The summed E-state index contributed by atoms with van der Waals surface area (Å²) in [5.41, 5.74) is 3.63. The molecule has 0 saturated carbocycles. The summed E-state index contributed by atoms with van der Waals surface area (Å²) in [5, 5.41) is 0. The summed E-state index contributed by atoms with van der Waals surface area (Å²) in [5.74, 6) is -0.827. The van der Waals surface area contributed by atoms with E-state index in [1.54, 1.807) is 31.2 Å². The van der Waals surface area contributed by atoms with Crippen molar-refractivity contribution in [2.24, 2.45) is 0 Å². The molecule has 0 amide bonds. The number of halogens is 2.